The Balaban J connectivity index is -0.000000107. The first kappa shape index (κ1) is 17.4. The Labute approximate surface area is 72.0 Å². The number of hydrogen-bond acceptors (Lipinski definition) is 0. The van der Waals surface area contributed by atoms with Crippen LogP contribution in [0.4, 0.5) is 34.5 Å². The van der Waals surface area contributed by atoms with Gasteiger partial charge in [-0.25, -0.2) is 0 Å². The minimum absolute atomic E-state index is 0. The van der Waals surface area contributed by atoms with E-state index in [0.717, 1.165) is 0 Å². The first-order valence-corrected chi connectivity index (χ1v) is 1.75. The van der Waals surface area contributed by atoms with Gasteiger partial charge in [-0.1, -0.05) is 0 Å². The molecule has 0 bridgehead atoms. The topological polar surface area (TPSA) is 0 Å². The predicted molar refractivity (Wildman–Crippen MR) is 20.4 cm³/mol. The molecule has 0 aromatic rings. The van der Waals surface area contributed by atoms with E-state index in [0.29, 0.717) is 0 Å². The fourth-order valence-electron chi connectivity index (χ4n) is 0. The van der Waals surface area contributed by atoms with Crippen molar-refractivity contribution >= 4 is 14.5 Å². The molecule has 0 spiro atoms. The van der Waals surface area contributed by atoms with E-state index in [1.165, 1.54) is 0 Å². The van der Waals surface area contributed by atoms with Crippen molar-refractivity contribution in [3.8, 4) is 0 Å². The molecule has 1 radical (unpaired) electrons. The van der Waals surface area contributed by atoms with E-state index < -0.39 is 14.5 Å². The fourth-order valence-corrected chi connectivity index (χ4v) is 0. The molecule has 0 atom stereocenters. The average molecular weight is 281 g/mol. The molecule has 0 aromatic carbocycles. The molecule has 0 unspecified atom stereocenters. The van der Waals surface area contributed by atoms with Crippen LogP contribution in [0.1, 0.15) is 0 Å². The van der Waals surface area contributed by atoms with Gasteiger partial charge in [0.05, 0.1) is 0 Å². The van der Waals surface area contributed by atoms with Crippen LogP contribution in [0.25, 0.3) is 0 Å². The van der Waals surface area contributed by atoms with E-state index in [2.05, 4.69) is 0 Å². The summed E-state index contributed by atoms with van der Waals surface area (Å²) in [5.74, 6) is 0. The van der Waals surface area contributed by atoms with E-state index in [1.807, 2.05) is 0 Å². The van der Waals surface area contributed by atoms with E-state index in [-0.39, 0.29) is 22.4 Å². The Morgan fingerprint density at radius 1 is 0.455 bits per heavy atom. The van der Waals surface area contributed by atoms with Gasteiger partial charge in [-0.15, -0.1) is 0 Å². The van der Waals surface area contributed by atoms with Crippen molar-refractivity contribution in [2.24, 2.45) is 0 Å². The summed E-state index contributed by atoms with van der Waals surface area (Å²) in [6.07, 6.45) is 0. The van der Waals surface area contributed by atoms with E-state index in [4.69, 9.17) is 0 Å². The quantitative estimate of drug-likeness (QED) is 0.473. The van der Waals surface area contributed by atoms with Crippen LogP contribution in [0.2, 0.25) is 0 Å². The molecule has 11 heavy (non-hydrogen) atoms. The monoisotopic (exact) mass is 281 g/mol. The van der Waals surface area contributed by atoms with Gasteiger partial charge in [0.1, 0.15) is 0 Å². The smallest absolute Gasteiger partial charge is 0.418 e. The molecule has 0 aliphatic carbocycles. The molecule has 0 N–H and O–H groups in total. The van der Waals surface area contributed by atoms with Crippen LogP contribution < -0.4 is 0 Å². The van der Waals surface area contributed by atoms with Crippen molar-refractivity contribution in [2.75, 3.05) is 0 Å². The third kappa shape index (κ3) is 7400. The number of halogens is 8. The summed E-state index contributed by atoms with van der Waals surface area (Å²) >= 11 is 0. The third-order valence-electron chi connectivity index (χ3n) is 0. The molecule has 0 aliphatic heterocycles. The number of rotatable bonds is 0. The molecule has 0 nitrogen and oxygen atoms in total. The molecule has 0 aromatic heterocycles. The van der Waals surface area contributed by atoms with Gasteiger partial charge < -0.3 is 34.5 Å². The van der Waals surface area contributed by atoms with Crippen molar-refractivity contribution in [3.05, 3.63) is 0 Å². The molecule has 0 heterocycles. The maximum absolute atomic E-state index is 9.75. The van der Waals surface area contributed by atoms with Gasteiger partial charge in [0.15, 0.2) is 0 Å². The summed E-state index contributed by atoms with van der Waals surface area (Å²) in [5, 5.41) is 0. The van der Waals surface area contributed by atoms with Crippen molar-refractivity contribution in [1.82, 2.24) is 0 Å². The normalized spacial score (nSPS) is 10.9. The zero-order chi connectivity index (χ0) is 9.00. The van der Waals surface area contributed by atoms with E-state index in [1.54, 1.807) is 0 Å². The van der Waals surface area contributed by atoms with Gasteiger partial charge in [-0.3, -0.25) is 0 Å². The van der Waals surface area contributed by atoms with Crippen molar-refractivity contribution in [1.29, 1.82) is 0 Å². The van der Waals surface area contributed by atoms with E-state index in [9.17, 15) is 34.5 Å². The van der Waals surface area contributed by atoms with Crippen molar-refractivity contribution < 1.29 is 56.9 Å². The number of hydrogen-bond donors (Lipinski definition) is 0. The fraction of sp³-hybridized carbons (Fsp3) is 0. The first-order valence-electron chi connectivity index (χ1n) is 1.75. The predicted octanol–water partition coefficient (Wildman–Crippen LogP) is 2.60. The standard InChI is InChI=1S/Ag.2BF4/c;2*2-1(3,4)5/q+2;2*-1. The van der Waals surface area contributed by atoms with Crippen LogP contribution in [0.15, 0.2) is 0 Å². The van der Waals surface area contributed by atoms with Crippen LogP contribution >= 0.6 is 0 Å². The summed E-state index contributed by atoms with van der Waals surface area (Å²) in [5.41, 5.74) is 0. The van der Waals surface area contributed by atoms with Crippen molar-refractivity contribution in [2.45, 2.75) is 0 Å². The summed E-state index contributed by atoms with van der Waals surface area (Å²) in [4.78, 5) is 0. The molecule has 0 amide bonds. The molecule has 0 rings (SSSR count). The van der Waals surface area contributed by atoms with Crippen LogP contribution in [0, 0.1) is 0 Å². The molecule has 0 saturated heterocycles. The Morgan fingerprint density at radius 2 is 0.455 bits per heavy atom. The van der Waals surface area contributed by atoms with Crippen LogP contribution in [-0.2, 0) is 22.4 Å². The minimum atomic E-state index is -6.00. The van der Waals surface area contributed by atoms with Gasteiger partial charge in [-0.05, 0) is 0 Å². The third-order valence-corrected chi connectivity index (χ3v) is 0. The van der Waals surface area contributed by atoms with Gasteiger partial charge >= 0.3 is 36.9 Å². The zero-order valence-electron chi connectivity index (χ0n) is 4.48. The molecular formula is AgB2F8. The summed E-state index contributed by atoms with van der Waals surface area (Å²) in [7, 11) is -12.0. The largest absolute Gasteiger partial charge is 2.00 e. The van der Waals surface area contributed by atoms with Crippen LogP contribution in [-0.4, -0.2) is 14.5 Å². The van der Waals surface area contributed by atoms with Crippen LogP contribution in [0.3, 0.4) is 0 Å². The van der Waals surface area contributed by atoms with E-state index >= 15 is 0 Å². The first-order chi connectivity index (χ1) is 4.00. The molecule has 0 aliphatic rings. The zero-order valence-corrected chi connectivity index (χ0v) is 5.96. The second-order valence-corrected chi connectivity index (χ2v) is 0.990. The summed E-state index contributed by atoms with van der Waals surface area (Å²) < 4.78 is 78.0. The van der Waals surface area contributed by atoms with Gasteiger partial charge in [0, 0.05) is 0 Å². The van der Waals surface area contributed by atoms with Crippen LogP contribution in [0.5, 0.6) is 0 Å². The SMILES string of the molecule is F[B-](F)(F)F.F[B-](F)(F)F.[Ag+2]. The maximum Gasteiger partial charge on any atom is 2.00 e. The Kier molecular flexibility index (Phi) is 9.33. The Hall–Kier alpha value is 0.310. The second-order valence-electron chi connectivity index (χ2n) is 0.990. The molecule has 0 saturated carbocycles. The molecular weight excluding hydrogens is 281 g/mol. The Bertz CT molecular complexity index is 55.1. The average Bonchev–Trinajstić information content (AvgIpc) is 1.12. The summed E-state index contributed by atoms with van der Waals surface area (Å²) in [6.45, 7) is 0. The maximum atomic E-state index is 9.75. The van der Waals surface area contributed by atoms with Gasteiger partial charge in [0.25, 0.3) is 0 Å². The minimum Gasteiger partial charge on any atom is -0.418 e. The van der Waals surface area contributed by atoms with Crippen molar-refractivity contribution in [3.63, 3.8) is 0 Å². The van der Waals surface area contributed by atoms with Gasteiger partial charge in [-0.2, -0.15) is 0 Å². The molecule has 0 fully saturated rings. The molecule has 73 valence electrons. The van der Waals surface area contributed by atoms with Gasteiger partial charge in [0.2, 0.25) is 0 Å². The Morgan fingerprint density at radius 3 is 0.455 bits per heavy atom. The summed E-state index contributed by atoms with van der Waals surface area (Å²) in [6, 6.07) is 0. The second kappa shape index (κ2) is 5.90. The molecule has 11 heteroatoms.